The lowest BCUT2D eigenvalue weighted by Gasteiger charge is -2.12. The van der Waals surface area contributed by atoms with Crippen LogP contribution < -0.4 is 5.32 Å². The number of halogens is 1. The maximum Gasteiger partial charge on any atom is 0.148 e. The molecule has 0 aromatic heterocycles. The molecule has 16 heavy (non-hydrogen) atoms. The first-order valence-corrected chi connectivity index (χ1v) is 7.08. The average Bonchev–Trinajstić information content (AvgIpc) is 2.12. The Morgan fingerprint density at radius 2 is 2.12 bits per heavy atom. The Hall–Kier alpha value is -0.940. The van der Waals surface area contributed by atoms with Gasteiger partial charge in [-0.1, -0.05) is 12.1 Å². The Morgan fingerprint density at radius 3 is 2.69 bits per heavy atom. The van der Waals surface area contributed by atoms with Crippen molar-refractivity contribution >= 4 is 9.84 Å². The molecular formula is C11H16FNO2S. The van der Waals surface area contributed by atoms with Crippen molar-refractivity contribution in [2.75, 3.05) is 12.0 Å². The Morgan fingerprint density at radius 1 is 1.44 bits per heavy atom. The normalized spacial score (nSPS) is 13.7. The third kappa shape index (κ3) is 5.23. The van der Waals surface area contributed by atoms with E-state index in [0.717, 1.165) is 5.56 Å². The fraction of sp³-hybridized carbons (Fsp3) is 0.455. The highest BCUT2D eigenvalue weighted by Gasteiger charge is 2.09. The predicted molar refractivity (Wildman–Crippen MR) is 62.4 cm³/mol. The van der Waals surface area contributed by atoms with Crippen molar-refractivity contribution in [2.45, 2.75) is 19.5 Å². The van der Waals surface area contributed by atoms with Gasteiger partial charge in [0.2, 0.25) is 0 Å². The van der Waals surface area contributed by atoms with E-state index in [1.165, 1.54) is 18.4 Å². The molecule has 1 rings (SSSR count). The molecule has 1 aromatic rings. The van der Waals surface area contributed by atoms with Crippen molar-refractivity contribution in [3.05, 3.63) is 35.6 Å². The lowest BCUT2D eigenvalue weighted by molar-refractivity contribution is 0.557. The van der Waals surface area contributed by atoms with Crippen molar-refractivity contribution in [3.8, 4) is 0 Å². The molecule has 0 amide bonds. The van der Waals surface area contributed by atoms with Crippen molar-refractivity contribution in [3.63, 3.8) is 0 Å². The molecule has 1 aromatic carbocycles. The summed E-state index contributed by atoms with van der Waals surface area (Å²) in [5, 5.41) is 3.04. The van der Waals surface area contributed by atoms with Crippen LogP contribution in [-0.4, -0.2) is 26.5 Å². The Balaban J connectivity index is 2.46. The van der Waals surface area contributed by atoms with E-state index < -0.39 is 9.84 Å². The number of hydrogen-bond acceptors (Lipinski definition) is 3. The molecule has 3 nitrogen and oxygen atoms in total. The molecule has 1 unspecified atom stereocenters. The van der Waals surface area contributed by atoms with E-state index in [2.05, 4.69) is 5.32 Å². The van der Waals surface area contributed by atoms with E-state index in [4.69, 9.17) is 0 Å². The Bertz CT molecular complexity index is 445. The van der Waals surface area contributed by atoms with Crippen LogP contribution in [0.1, 0.15) is 12.5 Å². The van der Waals surface area contributed by atoms with Gasteiger partial charge in [0.05, 0.1) is 5.75 Å². The molecule has 0 spiro atoms. The van der Waals surface area contributed by atoms with Crippen LogP contribution in [0.25, 0.3) is 0 Å². The van der Waals surface area contributed by atoms with E-state index in [9.17, 15) is 12.8 Å². The molecule has 0 heterocycles. The Labute approximate surface area is 95.6 Å². The summed E-state index contributed by atoms with van der Waals surface area (Å²) in [6.45, 7) is 2.26. The van der Waals surface area contributed by atoms with Gasteiger partial charge in [-0.3, -0.25) is 0 Å². The van der Waals surface area contributed by atoms with Gasteiger partial charge < -0.3 is 5.32 Å². The van der Waals surface area contributed by atoms with Crippen LogP contribution in [0.4, 0.5) is 4.39 Å². The molecule has 0 fully saturated rings. The lowest BCUT2D eigenvalue weighted by Crippen LogP contribution is -2.32. The standard InChI is InChI=1S/C11H16FNO2S/c1-9(8-16(2,14)15)13-7-10-4-3-5-11(12)6-10/h3-6,9,13H,7-8H2,1-2H3. The van der Waals surface area contributed by atoms with E-state index >= 15 is 0 Å². The van der Waals surface area contributed by atoms with Crippen molar-refractivity contribution in [1.82, 2.24) is 5.32 Å². The van der Waals surface area contributed by atoms with E-state index in [0.29, 0.717) is 6.54 Å². The molecular weight excluding hydrogens is 229 g/mol. The lowest BCUT2D eigenvalue weighted by atomic mass is 10.2. The first-order valence-electron chi connectivity index (χ1n) is 5.02. The topological polar surface area (TPSA) is 46.2 Å². The van der Waals surface area contributed by atoms with Gasteiger partial charge in [-0.05, 0) is 24.6 Å². The summed E-state index contributed by atoms with van der Waals surface area (Å²) in [4.78, 5) is 0. The summed E-state index contributed by atoms with van der Waals surface area (Å²) in [5.74, 6) is -0.197. The summed E-state index contributed by atoms with van der Waals surface area (Å²) in [6, 6.07) is 6.10. The fourth-order valence-electron chi connectivity index (χ4n) is 1.45. The van der Waals surface area contributed by atoms with Gasteiger partial charge in [-0.15, -0.1) is 0 Å². The summed E-state index contributed by atoms with van der Waals surface area (Å²) in [7, 11) is -2.97. The molecule has 0 aliphatic carbocycles. The van der Waals surface area contributed by atoms with E-state index in [1.54, 1.807) is 19.1 Å². The van der Waals surface area contributed by atoms with Crippen LogP contribution in [0.15, 0.2) is 24.3 Å². The Kier molecular flexibility index (Phi) is 4.44. The number of rotatable bonds is 5. The number of nitrogens with one attached hydrogen (secondary N) is 1. The second-order valence-electron chi connectivity index (χ2n) is 4.00. The van der Waals surface area contributed by atoms with Crippen molar-refractivity contribution in [2.24, 2.45) is 0 Å². The van der Waals surface area contributed by atoms with E-state index in [1.807, 2.05) is 0 Å². The first kappa shape index (κ1) is 13.1. The monoisotopic (exact) mass is 245 g/mol. The maximum absolute atomic E-state index is 12.8. The molecule has 1 atom stereocenters. The van der Waals surface area contributed by atoms with Crippen LogP contribution in [-0.2, 0) is 16.4 Å². The molecule has 5 heteroatoms. The molecule has 0 saturated heterocycles. The fourth-order valence-corrected chi connectivity index (χ4v) is 2.48. The minimum absolute atomic E-state index is 0.0856. The third-order valence-corrected chi connectivity index (χ3v) is 3.20. The van der Waals surface area contributed by atoms with Crippen LogP contribution in [0.5, 0.6) is 0 Å². The summed E-state index contributed by atoms with van der Waals surface area (Å²) >= 11 is 0. The number of hydrogen-bond donors (Lipinski definition) is 1. The number of sulfone groups is 1. The minimum Gasteiger partial charge on any atom is -0.309 e. The van der Waals surface area contributed by atoms with Crippen LogP contribution in [0, 0.1) is 5.82 Å². The highest BCUT2D eigenvalue weighted by Crippen LogP contribution is 2.03. The average molecular weight is 245 g/mol. The summed E-state index contributed by atoms with van der Waals surface area (Å²) in [5.41, 5.74) is 0.806. The van der Waals surface area contributed by atoms with Gasteiger partial charge in [-0.25, -0.2) is 12.8 Å². The van der Waals surface area contributed by atoms with Crippen molar-refractivity contribution < 1.29 is 12.8 Å². The zero-order valence-corrected chi connectivity index (χ0v) is 10.2. The second kappa shape index (κ2) is 5.41. The largest absolute Gasteiger partial charge is 0.309 e. The van der Waals surface area contributed by atoms with Gasteiger partial charge in [-0.2, -0.15) is 0 Å². The summed E-state index contributed by atoms with van der Waals surface area (Å²) in [6.07, 6.45) is 1.20. The predicted octanol–water partition coefficient (Wildman–Crippen LogP) is 1.35. The smallest absolute Gasteiger partial charge is 0.148 e. The maximum atomic E-state index is 12.8. The first-order chi connectivity index (χ1) is 7.37. The van der Waals surface area contributed by atoms with Gasteiger partial charge in [0.15, 0.2) is 0 Å². The zero-order valence-electron chi connectivity index (χ0n) is 9.40. The minimum atomic E-state index is -2.97. The third-order valence-electron chi connectivity index (χ3n) is 2.10. The molecule has 0 aliphatic heterocycles. The molecule has 0 saturated carbocycles. The highest BCUT2D eigenvalue weighted by atomic mass is 32.2. The zero-order chi connectivity index (χ0) is 12.2. The van der Waals surface area contributed by atoms with Gasteiger partial charge in [0.25, 0.3) is 0 Å². The summed E-state index contributed by atoms with van der Waals surface area (Å²) < 4.78 is 34.9. The molecule has 0 radical (unpaired) electrons. The highest BCUT2D eigenvalue weighted by molar-refractivity contribution is 7.90. The van der Waals surface area contributed by atoms with Crippen LogP contribution in [0.3, 0.4) is 0 Å². The second-order valence-corrected chi connectivity index (χ2v) is 6.19. The van der Waals surface area contributed by atoms with Crippen molar-refractivity contribution in [1.29, 1.82) is 0 Å². The SMILES string of the molecule is CC(CS(C)(=O)=O)NCc1cccc(F)c1. The number of benzene rings is 1. The van der Waals surface area contributed by atoms with Gasteiger partial charge in [0.1, 0.15) is 15.7 Å². The molecule has 1 N–H and O–H groups in total. The van der Waals surface area contributed by atoms with Crippen LogP contribution >= 0.6 is 0 Å². The van der Waals surface area contributed by atoms with E-state index in [-0.39, 0.29) is 17.6 Å². The molecule has 0 bridgehead atoms. The van der Waals surface area contributed by atoms with Gasteiger partial charge in [0, 0.05) is 18.8 Å². The molecule has 90 valence electrons. The van der Waals surface area contributed by atoms with Gasteiger partial charge >= 0.3 is 0 Å². The van der Waals surface area contributed by atoms with Crippen LogP contribution in [0.2, 0.25) is 0 Å². The quantitative estimate of drug-likeness (QED) is 0.851. The molecule has 0 aliphatic rings.